The highest BCUT2D eigenvalue weighted by Gasteiger charge is 2.35. The van der Waals surface area contributed by atoms with E-state index >= 15 is 0 Å². The number of para-hydroxylation sites is 2. The first-order chi connectivity index (χ1) is 15.1. The Hall–Kier alpha value is -3.67. The van der Waals surface area contributed by atoms with Crippen LogP contribution in [0.15, 0.2) is 66.7 Å². The molecule has 3 aromatic carbocycles. The van der Waals surface area contributed by atoms with Crippen LogP contribution in [0.2, 0.25) is 0 Å². The van der Waals surface area contributed by atoms with Gasteiger partial charge in [-0.15, -0.1) is 0 Å². The summed E-state index contributed by atoms with van der Waals surface area (Å²) < 4.78 is 2.11. The molecule has 6 nitrogen and oxygen atoms in total. The van der Waals surface area contributed by atoms with Crippen LogP contribution >= 0.6 is 0 Å². The number of aryl methyl sites for hydroxylation is 1. The summed E-state index contributed by atoms with van der Waals surface area (Å²) in [5.41, 5.74) is 2.89. The summed E-state index contributed by atoms with van der Waals surface area (Å²) in [7, 11) is 0. The first-order valence-electron chi connectivity index (χ1n) is 10.6. The van der Waals surface area contributed by atoms with E-state index in [1.165, 1.54) is 0 Å². The average molecular weight is 412 g/mol. The van der Waals surface area contributed by atoms with Crippen molar-refractivity contribution in [2.75, 3.05) is 18.0 Å². The molecule has 1 atom stereocenters. The normalized spacial score (nSPS) is 16.4. The van der Waals surface area contributed by atoms with Gasteiger partial charge in [0.2, 0.25) is 11.8 Å². The third-order valence-corrected chi connectivity index (χ3v) is 6.03. The average Bonchev–Trinajstić information content (AvgIpc) is 3.33. The van der Waals surface area contributed by atoms with Gasteiger partial charge in [-0.25, -0.2) is 4.98 Å². The van der Waals surface area contributed by atoms with E-state index in [1.54, 1.807) is 4.90 Å². The van der Waals surface area contributed by atoms with Crippen molar-refractivity contribution < 1.29 is 9.59 Å². The van der Waals surface area contributed by atoms with Crippen LogP contribution in [-0.2, 0) is 16.1 Å². The number of benzene rings is 3. The first kappa shape index (κ1) is 19.3. The molecule has 1 fully saturated rings. The maximum atomic E-state index is 12.8. The summed E-state index contributed by atoms with van der Waals surface area (Å²) >= 11 is 0. The fourth-order valence-electron chi connectivity index (χ4n) is 4.47. The van der Waals surface area contributed by atoms with E-state index in [4.69, 9.17) is 0 Å². The molecule has 31 heavy (non-hydrogen) atoms. The predicted molar refractivity (Wildman–Crippen MR) is 122 cm³/mol. The lowest BCUT2D eigenvalue weighted by molar-refractivity contribution is -0.126. The van der Waals surface area contributed by atoms with Crippen molar-refractivity contribution in [2.45, 2.75) is 19.9 Å². The molecule has 2 heterocycles. The summed E-state index contributed by atoms with van der Waals surface area (Å²) in [6.45, 7) is 3.52. The maximum Gasteiger partial charge on any atom is 0.227 e. The van der Waals surface area contributed by atoms with Crippen LogP contribution < -0.4 is 10.2 Å². The number of hydrogen-bond donors (Lipinski definition) is 1. The second-order valence-corrected chi connectivity index (χ2v) is 7.99. The van der Waals surface area contributed by atoms with Gasteiger partial charge in [-0.05, 0) is 30.5 Å². The molecule has 2 amide bonds. The Bertz CT molecular complexity index is 1290. The molecule has 0 spiro atoms. The van der Waals surface area contributed by atoms with Crippen LogP contribution in [0.3, 0.4) is 0 Å². The molecule has 4 aromatic rings. The van der Waals surface area contributed by atoms with Crippen LogP contribution in [0.4, 0.5) is 5.69 Å². The topological polar surface area (TPSA) is 67.2 Å². The van der Waals surface area contributed by atoms with Crippen molar-refractivity contribution >= 4 is 39.3 Å². The second-order valence-electron chi connectivity index (χ2n) is 7.99. The molecule has 1 aliphatic rings. The highest BCUT2D eigenvalue weighted by atomic mass is 16.2. The van der Waals surface area contributed by atoms with Gasteiger partial charge in [0, 0.05) is 31.4 Å². The zero-order chi connectivity index (χ0) is 21.4. The van der Waals surface area contributed by atoms with E-state index in [0.29, 0.717) is 19.6 Å². The number of aromatic nitrogens is 2. The zero-order valence-corrected chi connectivity index (χ0v) is 17.4. The molecule has 1 aliphatic heterocycles. The third kappa shape index (κ3) is 3.54. The number of hydrogen-bond acceptors (Lipinski definition) is 3. The number of nitrogens with one attached hydrogen (secondary N) is 1. The molecule has 0 saturated carbocycles. The number of nitrogens with zero attached hydrogens (tertiary/aromatic N) is 3. The van der Waals surface area contributed by atoms with Crippen LogP contribution in [-0.4, -0.2) is 34.5 Å². The molecule has 0 aliphatic carbocycles. The number of rotatable bonds is 5. The fraction of sp³-hybridized carbons (Fsp3) is 0.240. The Labute approximate surface area is 180 Å². The van der Waals surface area contributed by atoms with Gasteiger partial charge in [0.1, 0.15) is 5.82 Å². The quantitative estimate of drug-likeness (QED) is 0.544. The standard InChI is InChI=1S/C25H24N4O2/c1-17-27-21-10-4-5-11-23(21)28(17)14-13-26-25(31)19-15-24(30)29(16-19)22-12-6-8-18-7-2-3-9-20(18)22/h2-12,19H,13-16H2,1H3,(H,26,31)/t19-/m1/s1. The van der Waals surface area contributed by atoms with Gasteiger partial charge in [0.05, 0.1) is 22.6 Å². The Morgan fingerprint density at radius 3 is 2.74 bits per heavy atom. The van der Waals surface area contributed by atoms with Crippen molar-refractivity contribution in [2.24, 2.45) is 5.92 Å². The highest BCUT2D eigenvalue weighted by molar-refractivity contribution is 6.07. The molecule has 0 bridgehead atoms. The van der Waals surface area contributed by atoms with E-state index in [9.17, 15) is 9.59 Å². The van der Waals surface area contributed by atoms with Gasteiger partial charge in [0.15, 0.2) is 0 Å². The van der Waals surface area contributed by atoms with Crippen molar-refractivity contribution in [3.8, 4) is 0 Å². The Balaban J connectivity index is 1.26. The summed E-state index contributed by atoms with van der Waals surface area (Å²) in [6, 6.07) is 21.9. The summed E-state index contributed by atoms with van der Waals surface area (Å²) in [5, 5.41) is 5.13. The van der Waals surface area contributed by atoms with Crippen LogP contribution in [0.25, 0.3) is 21.8 Å². The van der Waals surface area contributed by atoms with Gasteiger partial charge >= 0.3 is 0 Å². The fourth-order valence-corrected chi connectivity index (χ4v) is 4.47. The van der Waals surface area contributed by atoms with Crippen molar-refractivity contribution in [3.05, 3.63) is 72.6 Å². The minimum atomic E-state index is -0.341. The number of fused-ring (bicyclic) bond motifs is 2. The van der Waals surface area contributed by atoms with Gasteiger partial charge in [0.25, 0.3) is 0 Å². The van der Waals surface area contributed by atoms with Crippen LogP contribution in [0, 0.1) is 12.8 Å². The number of anilines is 1. The van der Waals surface area contributed by atoms with Crippen molar-refractivity contribution in [1.82, 2.24) is 14.9 Å². The number of carbonyl (C=O) groups excluding carboxylic acids is 2. The summed E-state index contributed by atoms with van der Waals surface area (Å²) in [6.07, 6.45) is 0.238. The number of amides is 2. The molecule has 0 radical (unpaired) electrons. The number of carbonyl (C=O) groups is 2. The van der Waals surface area contributed by atoms with Gasteiger partial charge in [-0.2, -0.15) is 0 Å². The Kier molecular flexibility index (Phi) is 4.90. The van der Waals surface area contributed by atoms with Crippen molar-refractivity contribution in [3.63, 3.8) is 0 Å². The van der Waals surface area contributed by atoms with Crippen LogP contribution in [0.1, 0.15) is 12.2 Å². The van der Waals surface area contributed by atoms with E-state index in [2.05, 4.69) is 14.9 Å². The maximum absolute atomic E-state index is 12.8. The predicted octanol–water partition coefficient (Wildman–Crippen LogP) is 3.67. The van der Waals surface area contributed by atoms with E-state index in [-0.39, 0.29) is 24.2 Å². The minimum Gasteiger partial charge on any atom is -0.354 e. The van der Waals surface area contributed by atoms with E-state index in [0.717, 1.165) is 33.3 Å². The molecular formula is C25H24N4O2. The first-order valence-corrected chi connectivity index (χ1v) is 10.6. The summed E-state index contributed by atoms with van der Waals surface area (Å²) in [4.78, 5) is 31.8. The molecule has 6 heteroatoms. The van der Waals surface area contributed by atoms with E-state index in [1.807, 2.05) is 73.7 Å². The minimum absolute atomic E-state index is 0.00653. The lowest BCUT2D eigenvalue weighted by Crippen LogP contribution is -2.35. The van der Waals surface area contributed by atoms with Gasteiger partial charge < -0.3 is 14.8 Å². The zero-order valence-electron chi connectivity index (χ0n) is 17.4. The van der Waals surface area contributed by atoms with E-state index < -0.39 is 0 Å². The smallest absolute Gasteiger partial charge is 0.227 e. The molecule has 0 unspecified atom stereocenters. The highest BCUT2D eigenvalue weighted by Crippen LogP contribution is 2.31. The summed E-state index contributed by atoms with van der Waals surface area (Å²) in [5.74, 6) is 0.506. The van der Waals surface area contributed by atoms with Gasteiger partial charge in [-0.3, -0.25) is 9.59 Å². The third-order valence-electron chi connectivity index (χ3n) is 6.03. The Morgan fingerprint density at radius 1 is 1.06 bits per heavy atom. The lowest BCUT2D eigenvalue weighted by atomic mass is 10.1. The molecule has 1 aromatic heterocycles. The second kappa shape index (κ2) is 7.87. The largest absolute Gasteiger partial charge is 0.354 e. The molecule has 5 rings (SSSR count). The van der Waals surface area contributed by atoms with Gasteiger partial charge in [-0.1, -0.05) is 48.5 Å². The van der Waals surface area contributed by atoms with Crippen LogP contribution in [0.5, 0.6) is 0 Å². The molecule has 1 N–H and O–H groups in total. The SMILES string of the molecule is Cc1nc2ccccc2n1CCNC(=O)[C@@H]1CC(=O)N(c2cccc3ccccc23)C1. The molecule has 156 valence electrons. The lowest BCUT2D eigenvalue weighted by Gasteiger charge is -2.19. The Morgan fingerprint density at radius 2 is 1.84 bits per heavy atom. The molecular weight excluding hydrogens is 388 g/mol. The number of imidazole rings is 1. The molecule has 1 saturated heterocycles. The van der Waals surface area contributed by atoms with Crippen molar-refractivity contribution in [1.29, 1.82) is 0 Å². The monoisotopic (exact) mass is 412 g/mol.